The minimum Gasteiger partial charge on any atom is -0.493 e. The van der Waals surface area contributed by atoms with Gasteiger partial charge < -0.3 is 19.9 Å². The van der Waals surface area contributed by atoms with Gasteiger partial charge in [0.1, 0.15) is 6.04 Å². The number of rotatable bonds is 10. The highest BCUT2D eigenvalue weighted by molar-refractivity contribution is 9.10. The lowest BCUT2D eigenvalue weighted by Crippen LogP contribution is -2.36. The molecule has 1 rings (SSSR count). The molecule has 0 saturated carbocycles. The van der Waals surface area contributed by atoms with Crippen LogP contribution < -0.4 is 14.8 Å². The van der Waals surface area contributed by atoms with E-state index in [0.29, 0.717) is 24.5 Å². The smallest absolute Gasteiger partial charge is 0.320 e. The Balaban J connectivity index is 2.96. The zero-order valence-corrected chi connectivity index (χ0v) is 16.3. The number of methoxy groups -OCH3 is 1. The van der Waals surface area contributed by atoms with Crippen molar-refractivity contribution in [1.82, 2.24) is 5.32 Å². The first-order valence-corrected chi connectivity index (χ1v) is 9.55. The van der Waals surface area contributed by atoms with E-state index in [1.807, 2.05) is 32.2 Å². The summed E-state index contributed by atoms with van der Waals surface area (Å²) < 4.78 is 12.1. The Morgan fingerprint density at radius 2 is 2.13 bits per heavy atom. The SMILES string of the molecule is COc1cc(Br)cc(CNC(CCSC)C(=O)O)c1OC(C)C. The number of thioether (sulfide) groups is 1. The number of carboxylic acid groups (broad SMARTS) is 1. The number of hydrogen-bond acceptors (Lipinski definition) is 5. The van der Waals surface area contributed by atoms with Gasteiger partial charge in [-0.1, -0.05) is 15.9 Å². The lowest BCUT2D eigenvalue weighted by molar-refractivity contribution is -0.139. The monoisotopic (exact) mass is 405 g/mol. The fourth-order valence-corrected chi connectivity index (χ4v) is 3.01. The fraction of sp³-hybridized carbons (Fsp3) is 0.562. The first kappa shape index (κ1) is 20.1. The number of hydrogen-bond donors (Lipinski definition) is 2. The Labute approximate surface area is 150 Å². The minimum atomic E-state index is -0.840. The number of benzene rings is 1. The van der Waals surface area contributed by atoms with E-state index in [2.05, 4.69) is 21.2 Å². The van der Waals surface area contributed by atoms with Crippen LogP contribution in [0.1, 0.15) is 25.8 Å². The van der Waals surface area contributed by atoms with E-state index < -0.39 is 12.0 Å². The van der Waals surface area contributed by atoms with Crippen molar-refractivity contribution in [3.05, 3.63) is 22.2 Å². The molecule has 0 aromatic heterocycles. The summed E-state index contributed by atoms with van der Waals surface area (Å²) in [6.07, 6.45) is 2.53. The predicted molar refractivity (Wildman–Crippen MR) is 97.7 cm³/mol. The van der Waals surface area contributed by atoms with Crippen molar-refractivity contribution >= 4 is 33.7 Å². The zero-order valence-electron chi connectivity index (χ0n) is 13.9. The summed E-state index contributed by atoms with van der Waals surface area (Å²) >= 11 is 5.08. The molecule has 23 heavy (non-hydrogen) atoms. The topological polar surface area (TPSA) is 67.8 Å². The maximum absolute atomic E-state index is 11.3. The summed E-state index contributed by atoms with van der Waals surface area (Å²) in [6, 6.07) is 3.17. The van der Waals surface area contributed by atoms with Crippen LogP contribution >= 0.6 is 27.7 Å². The molecule has 0 aliphatic heterocycles. The number of aliphatic carboxylic acids is 1. The standard InChI is InChI=1S/C16H24BrNO4S/c1-10(2)22-15-11(7-12(17)8-14(15)21-3)9-18-13(16(19)20)5-6-23-4/h7-8,10,13,18H,5-6,9H2,1-4H3,(H,19,20). The van der Waals surface area contributed by atoms with Crippen molar-refractivity contribution in [1.29, 1.82) is 0 Å². The molecule has 0 spiro atoms. The van der Waals surface area contributed by atoms with Crippen molar-refractivity contribution in [3.63, 3.8) is 0 Å². The van der Waals surface area contributed by atoms with Gasteiger partial charge in [-0.05, 0) is 44.4 Å². The molecule has 5 nitrogen and oxygen atoms in total. The van der Waals surface area contributed by atoms with Crippen LogP contribution in [0.2, 0.25) is 0 Å². The minimum absolute atomic E-state index is 0.00409. The summed E-state index contributed by atoms with van der Waals surface area (Å²) in [7, 11) is 1.59. The molecule has 7 heteroatoms. The number of ether oxygens (including phenoxy) is 2. The van der Waals surface area contributed by atoms with Crippen molar-refractivity contribution in [2.45, 2.75) is 39.0 Å². The molecular weight excluding hydrogens is 382 g/mol. The van der Waals surface area contributed by atoms with E-state index in [1.54, 1.807) is 18.9 Å². The molecule has 2 N–H and O–H groups in total. The van der Waals surface area contributed by atoms with Crippen LogP contribution in [0.4, 0.5) is 0 Å². The normalized spacial score (nSPS) is 12.3. The van der Waals surface area contributed by atoms with Gasteiger partial charge in [-0.25, -0.2) is 0 Å². The molecule has 0 amide bonds. The van der Waals surface area contributed by atoms with Crippen molar-refractivity contribution in [2.75, 3.05) is 19.1 Å². The van der Waals surface area contributed by atoms with Crippen molar-refractivity contribution in [3.8, 4) is 11.5 Å². The second kappa shape index (κ2) is 10.1. The zero-order chi connectivity index (χ0) is 17.4. The molecule has 0 bridgehead atoms. The molecule has 1 aromatic rings. The fourth-order valence-electron chi connectivity index (χ4n) is 2.06. The number of carboxylic acids is 1. The quantitative estimate of drug-likeness (QED) is 0.620. The van der Waals surface area contributed by atoms with Crippen LogP contribution in [0, 0.1) is 0 Å². The first-order valence-electron chi connectivity index (χ1n) is 7.37. The highest BCUT2D eigenvalue weighted by Gasteiger charge is 2.19. The summed E-state index contributed by atoms with van der Waals surface area (Å²) in [5.74, 6) is 1.22. The van der Waals surface area contributed by atoms with E-state index in [9.17, 15) is 9.90 Å². The average Bonchev–Trinajstić information content (AvgIpc) is 2.48. The van der Waals surface area contributed by atoms with E-state index in [1.165, 1.54) is 0 Å². The van der Waals surface area contributed by atoms with Crippen LogP contribution in [0.15, 0.2) is 16.6 Å². The van der Waals surface area contributed by atoms with Gasteiger partial charge in [0.2, 0.25) is 0 Å². The van der Waals surface area contributed by atoms with Crippen LogP contribution in [0.3, 0.4) is 0 Å². The van der Waals surface area contributed by atoms with Crippen LogP contribution in [0.25, 0.3) is 0 Å². The molecule has 0 saturated heterocycles. The highest BCUT2D eigenvalue weighted by atomic mass is 79.9. The summed E-state index contributed by atoms with van der Waals surface area (Å²) in [5.41, 5.74) is 0.861. The Morgan fingerprint density at radius 3 is 2.65 bits per heavy atom. The van der Waals surface area contributed by atoms with Gasteiger partial charge in [-0.3, -0.25) is 4.79 Å². The first-order chi connectivity index (χ1) is 10.9. The molecule has 0 aliphatic carbocycles. The Kier molecular flexibility index (Phi) is 8.79. The second-order valence-electron chi connectivity index (χ2n) is 5.32. The molecular formula is C16H24BrNO4S. The van der Waals surface area contributed by atoms with Crippen LogP contribution in [-0.4, -0.2) is 42.3 Å². The molecule has 0 heterocycles. The van der Waals surface area contributed by atoms with Gasteiger partial charge in [0.05, 0.1) is 13.2 Å². The van der Waals surface area contributed by atoms with E-state index in [0.717, 1.165) is 15.8 Å². The Bertz CT molecular complexity index is 525. The summed E-state index contributed by atoms with van der Waals surface area (Å²) in [6.45, 7) is 4.28. The maximum atomic E-state index is 11.3. The third-order valence-corrected chi connectivity index (χ3v) is 4.22. The van der Waals surface area contributed by atoms with Crippen LogP contribution in [-0.2, 0) is 11.3 Å². The summed E-state index contributed by atoms with van der Waals surface area (Å²) in [5, 5.41) is 12.4. The van der Waals surface area contributed by atoms with Gasteiger partial charge in [-0.2, -0.15) is 11.8 Å². The predicted octanol–water partition coefficient (Wildman–Crippen LogP) is 3.54. The number of halogens is 1. The van der Waals surface area contributed by atoms with E-state index >= 15 is 0 Å². The largest absolute Gasteiger partial charge is 0.493 e. The molecule has 0 radical (unpaired) electrons. The number of carbonyl (C=O) groups is 1. The van der Waals surface area contributed by atoms with E-state index in [4.69, 9.17) is 9.47 Å². The maximum Gasteiger partial charge on any atom is 0.320 e. The molecule has 0 aliphatic rings. The third-order valence-electron chi connectivity index (χ3n) is 3.12. The van der Waals surface area contributed by atoms with Gasteiger partial charge in [0, 0.05) is 16.6 Å². The Hall–Kier alpha value is -0.920. The summed E-state index contributed by atoms with van der Waals surface area (Å²) in [4.78, 5) is 11.3. The van der Waals surface area contributed by atoms with Crippen LogP contribution in [0.5, 0.6) is 11.5 Å². The average molecular weight is 406 g/mol. The molecule has 1 unspecified atom stereocenters. The molecule has 1 atom stereocenters. The highest BCUT2D eigenvalue weighted by Crippen LogP contribution is 2.35. The third kappa shape index (κ3) is 6.61. The Morgan fingerprint density at radius 1 is 1.43 bits per heavy atom. The number of nitrogens with one attached hydrogen (secondary N) is 1. The molecule has 1 aromatic carbocycles. The van der Waals surface area contributed by atoms with Gasteiger partial charge in [-0.15, -0.1) is 0 Å². The van der Waals surface area contributed by atoms with Gasteiger partial charge in [0.15, 0.2) is 11.5 Å². The van der Waals surface area contributed by atoms with Gasteiger partial charge in [0.25, 0.3) is 0 Å². The van der Waals surface area contributed by atoms with Crippen molar-refractivity contribution in [2.24, 2.45) is 0 Å². The lowest BCUT2D eigenvalue weighted by Gasteiger charge is -2.20. The lowest BCUT2D eigenvalue weighted by atomic mass is 10.1. The van der Waals surface area contributed by atoms with E-state index in [-0.39, 0.29) is 6.10 Å². The molecule has 130 valence electrons. The van der Waals surface area contributed by atoms with Gasteiger partial charge >= 0.3 is 5.97 Å². The van der Waals surface area contributed by atoms with Crippen molar-refractivity contribution < 1.29 is 19.4 Å². The molecule has 0 fully saturated rings. The second-order valence-corrected chi connectivity index (χ2v) is 7.22.